The molecular weight excluding hydrogens is 148 g/mol. The molecule has 1 N–H and O–H groups in total. The van der Waals surface area contributed by atoms with Crippen LogP contribution in [-0.4, -0.2) is 12.2 Å². The molecule has 0 heterocycles. The quantitative estimate of drug-likeness (QED) is 0.588. The van der Waals surface area contributed by atoms with Crippen LogP contribution in [0.3, 0.4) is 0 Å². The van der Waals surface area contributed by atoms with Gasteiger partial charge >= 0.3 is 0 Å². The van der Waals surface area contributed by atoms with Gasteiger partial charge < -0.3 is 5.11 Å². The molecule has 0 aromatic rings. The van der Waals surface area contributed by atoms with Crippen LogP contribution in [0.4, 0.5) is 0 Å². The Labute approximate surface area is 80.2 Å². The maximum absolute atomic E-state index is 7.00. The van der Waals surface area contributed by atoms with Gasteiger partial charge in [-0.25, -0.2) is 0 Å². The van der Waals surface area contributed by atoms with E-state index in [2.05, 4.69) is 0 Å². The first-order valence-corrected chi connectivity index (χ1v) is 5.45. The molecule has 1 rings (SSSR count). The molecule has 1 saturated carbocycles. The lowest BCUT2D eigenvalue weighted by Crippen LogP contribution is -1.85. The Morgan fingerprint density at radius 3 is 0.583 bits per heavy atom. The van der Waals surface area contributed by atoms with Crippen LogP contribution in [0.5, 0.6) is 0 Å². The van der Waals surface area contributed by atoms with Crippen molar-refractivity contribution in [2.45, 2.75) is 67.2 Å². The standard InChI is InChI=1S/C4H8.3C2H6.CH4O/c1-2-4-3-1;4*1-2/h1-4H2;3*1-2H3;2H,1H3. The van der Waals surface area contributed by atoms with Crippen molar-refractivity contribution in [3.8, 4) is 0 Å². The van der Waals surface area contributed by atoms with E-state index in [1.807, 2.05) is 41.5 Å². The molecular formula is C11H30O. The maximum atomic E-state index is 7.00. The summed E-state index contributed by atoms with van der Waals surface area (Å²) in [5.41, 5.74) is 0. The monoisotopic (exact) mass is 178 g/mol. The second-order valence-corrected chi connectivity index (χ2v) is 1.41. The Kier molecular flexibility index (Phi) is 131. The van der Waals surface area contributed by atoms with Gasteiger partial charge in [0.25, 0.3) is 0 Å². The first kappa shape index (κ1) is 22.7. The van der Waals surface area contributed by atoms with Crippen molar-refractivity contribution in [2.75, 3.05) is 7.11 Å². The summed E-state index contributed by atoms with van der Waals surface area (Å²) < 4.78 is 0. The molecule has 0 unspecified atom stereocenters. The summed E-state index contributed by atoms with van der Waals surface area (Å²) in [4.78, 5) is 0. The minimum Gasteiger partial charge on any atom is -0.400 e. The van der Waals surface area contributed by atoms with Crippen LogP contribution in [0.2, 0.25) is 0 Å². The van der Waals surface area contributed by atoms with Crippen molar-refractivity contribution >= 4 is 0 Å². The van der Waals surface area contributed by atoms with Crippen molar-refractivity contribution in [3.63, 3.8) is 0 Å². The van der Waals surface area contributed by atoms with Gasteiger partial charge in [-0.3, -0.25) is 0 Å². The zero-order valence-electron chi connectivity index (χ0n) is 10.3. The fourth-order valence-electron chi connectivity index (χ4n) is 0.250. The molecule has 0 atom stereocenters. The van der Waals surface area contributed by atoms with Gasteiger partial charge in [-0.2, -0.15) is 0 Å². The molecule has 80 valence electrons. The normalized spacial score (nSPS) is 10.0. The maximum Gasteiger partial charge on any atom is 0.0319 e. The van der Waals surface area contributed by atoms with Crippen molar-refractivity contribution in [2.24, 2.45) is 0 Å². The van der Waals surface area contributed by atoms with Crippen LogP contribution in [-0.2, 0) is 0 Å². The molecule has 1 aliphatic rings. The van der Waals surface area contributed by atoms with Gasteiger partial charge in [0.05, 0.1) is 0 Å². The highest BCUT2D eigenvalue weighted by Gasteiger charge is 1.95. The summed E-state index contributed by atoms with van der Waals surface area (Å²) in [6, 6.07) is 0. The summed E-state index contributed by atoms with van der Waals surface area (Å²) in [5, 5.41) is 7.00. The highest BCUT2D eigenvalue weighted by atomic mass is 16.2. The van der Waals surface area contributed by atoms with Gasteiger partial charge in [0.2, 0.25) is 0 Å². The van der Waals surface area contributed by atoms with Crippen LogP contribution in [0, 0.1) is 0 Å². The minimum absolute atomic E-state index is 1.00. The molecule has 1 fully saturated rings. The smallest absolute Gasteiger partial charge is 0.0319 e. The molecule has 0 aromatic heterocycles. The average Bonchev–Trinajstić information content (AvgIpc) is 2.14. The number of aliphatic hydroxyl groups excluding tert-OH is 1. The molecule has 0 bridgehead atoms. The molecule has 1 heteroatoms. The zero-order chi connectivity index (χ0) is 10.8. The van der Waals surface area contributed by atoms with Crippen LogP contribution in [0.15, 0.2) is 0 Å². The molecule has 12 heavy (non-hydrogen) atoms. The van der Waals surface area contributed by atoms with E-state index in [4.69, 9.17) is 5.11 Å². The lowest BCUT2D eigenvalue weighted by molar-refractivity contribution is 0.399. The first-order chi connectivity index (χ1) is 6.00. The van der Waals surface area contributed by atoms with Gasteiger partial charge in [0, 0.05) is 7.11 Å². The third-order valence-electron chi connectivity index (χ3n) is 1.000. The Morgan fingerprint density at radius 1 is 0.500 bits per heavy atom. The largest absolute Gasteiger partial charge is 0.400 e. The lowest BCUT2D eigenvalue weighted by Gasteiger charge is -2.05. The van der Waals surface area contributed by atoms with E-state index in [1.165, 1.54) is 25.7 Å². The molecule has 0 aliphatic heterocycles. The molecule has 1 aliphatic carbocycles. The van der Waals surface area contributed by atoms with Crippen molar-refractivity contribution in [1.82, 2.24) is 0 Å². The molecule has 0 saturated heterocycles. The Hall–Kier alpha value is -0.0400. The molecule has 0 aromatic carbocycles. The number of rotatable bonds is 0. The third-order valence-corrected chi connectivity index (χ3v) is 1.000. The van der Waals surface area contributed by atoms with E-state index < -0.39 is 0 Å². The average molecular weight is 178 g/mol. The highest BCUT2D eigenvalue weighted by molar-refractivity contribution is 4.50. The third kappa shape index (κ3) is 51.0. The predicted molar refractivity (Wildman–Crippen MR) is 60.7 cm³/mol. The zero-order valence-corrected chi connectivity index (χ0v) is 10.3. The number of hydrogen-bond acceptors (Lipinski definition) is 1. The Morgan fingerprint density at radius 2 is 0.583 bits per heavy atom. The fourth-order valence-corrected chi connectivity index (χ4v) is 0.250. The van der Waals surface area contributed by atoms with Crippen molar-refractivity contribution in [3.05, 3.63) is 0 Å². The molecule has 0 radical (unpaired) electrons. The van der Waals surface area contributed by atoms with Crippen LogP contribution < -0.4 is 0 Å². The molecule has 0 spiro atoms. The van der Waals surface area contributed by atoms with E-state index in [-0.39, 0.29) is 0 Å². The van der Waals surface area contributed by atoms with Crippen LogP contribution in [0.1, 0.15) is 67.2 Å². The number of aliphatic hydroxyl groups is 1. The van der Waals surface area contributed by atoms with E-state index in [1.54, 1.807) is 0 Å². The summed E-state index contributed by atoms with van der Waals surface area (Å²) in [5.74, 6) is 0. The fraction of sp³-hybridized carbons (Fsp3) is 1.00. The second kappa shape index (κ2) is 69.3. The van der Waals surface area contributed by atoms with E-state index in [0.29, 0.717) is 0 Å². The topological polar surface area (TPSA) is 20.2 Å². The van der Waals surface area contributed by atoms with Crippen LogP contribution >= 0.6 is 0 Å². The SMILES string of the molecule is C1CCC1.CC.CC.CC.CO. The van der Waals surface area contributed by atoms with Crippen molar-refractivity contribution < 1.29 is 5.11 Å². The number of hydrogen-bond donors (Lipinski definition) is 1. The van der Waals surface area contributed by atoms with E-state index in [9.17, 15) is 0 Å². The first-order valence-electron chi connectivity index (χ1n) is 5.45. The van der Waals surface area contributed by atoms with Gasteiger partial charge in [-0.15, -0.1) is 0 Å². The second-order valence-electron chi connectivity index (χ2n) is 1.41. The summed E-state index contributed by atoms with van der Waals surface area (Å²) >= 11 is 0. The van der Waals surface area contributed by atoms with Gasteiger partial charge in [-0.1, -0.05) is 67.2 Å². The van der Waals surface area contributed by atoms with Gasteiger partial charge in [0.15, 0.2) is 0 Å². The Bertz CT molecular complexity index is 13.0. The highest BCUT2D eigenvalue weighted by Crippen LogP contribution is 2.15. The lowest BCUT2D eigenvalue weighted by atomic mass is 10.0. The Balaban J connectivity index is -0.0000000360. The summed E-state index contributed by atoms with van der Waals surface area (Å²) in [6.45, 7) is 12.0. The summed E-state index contributed by atoms with van der Waals surface area (Å²) in [6.07, 6.45) is 6.00. The molecule has 1 nitrogen and oxygen atoms in total. The van der Waals surface area contributed by atoms with E-state index >= 15 is 0 Å². The minimum atomic E-state index is 1.00. The summed E-state index contributed by atoms with van der Waals surface area (Å²) in [7, 11) is 1.00. The molecule has 0 amide bonds. The van der Waals surface area contributed by atoms with Gasteiger partial charge in [-0.05, 0) is 0 Å². The van der Waals surface area contributed by atoms with Gasteiger partial charge in [0.1, 0.15) is 0 Å². The van der Waals surface area contributed by atoms with E-state index in [0.717, 1.165) is 7.11 Å². The predicted octanol–water partition coefficient (Wildman–Crippen LogP) is 4.25. The van der Waals surface area contributed by atoms with Crippen molar-refractivity contribution in [1.29, 1.82) is 0 Å². The van der Waals surface area contributed by atoms with Crippen LogP contribution in [0.25, 0.3) is 0 Å².